The number of pyridine rings is 1. The van der Waals surface area contributed by atoms with Crippen molar-refractivity contribution >= 4 is 40.3 Å². The molecule has 6 heteroatoms. The summed E-state index contributed by atoms with van der Waals surface area (Å²) in [5.74, 6) is 0.747. The summed E-state index contributed by atoms with van der Waals surface area (Å²) in [7, 11) is 0. The molecule has 0 spiro atoms. The number of para-hydroxylation sites is 2. The van der Waals surface area contributed by atoms with Gasteiger partial charge in [-0.05, 0) is 43.4 Å². The number of hydrogen-bond donors (Lipinski definition) is 2. The Balaban J connectivity index is 2.07. The van der Waals surface area contributed by atoms with Gasteiger partial charge in [-0.3, -0.25) is 0 Å². The highest BCUT2D eigenvalue weighted by Gasteiger charge is 2.06. The Morgan fingerprint density at radius 1 is 1.20 bits per heavy atom. The van der Waals surface area contributed by atoms with Crippen molar-refractivity contribution in [3.63, 3.8) is 0 Å². The summed E-state index contributed by atoms with van der Waals surface area (Å²) in [5, 5.41) is 6.87. The van der Waals surface area contributed by atoms with Crippen LogP contribution in [-0.2, 0) is 0 Å². The van der Waals surface area contributed by atoms with Gasteiger partial charge in [0.15, 0.2) is 10.3 Å². The van der Waals surface area contributed by atoms with E-state index in [1.54, 1.807) is 18.3 Å². The third-order valence-corrected chi connectivity index (χ3v) is 2.95. The number of anilines is 2. The molecule has 0 fully saturated rings. The molecule has 2 N–H and O–H groups in total. The predicted molar refractivity (Wildman–Crippen MR) is 86.7 cm³/mol. The van der Waals surface area contributed by atoms with Crippen molar-refractivity contribution in [2.75, 3.05) is 17.2 Å². The zero-order valence-electron chi connectivity index (χ0n) is 10.9. The first-order valence-corrected chi connectivity index (χ1v) is 6.89. The average Bonchev–Trinajstić information content (AvgIpc) is 2.44. The second-order valence-corrected chi connectivity index (χ2v) is 4.62. The molecule has 0 radical (unpaired) electrons. The summed E-state index contributed by atoms with van der Waals surface area (Å²) < 4.78 is 5.52. The third-order valence-electron chi connectivity index (χ3n) is 2.44. The minimum atomic E-state index is 0.370. The van der Waals surface area contributed by atoms with Crippen molar-refractivity contribution in [3.05, 3.63) is 47.7 Å². The van der Waals surface area contributed by atoms with E-state index < -0.39 is 0 Å². The van der Waals surface area contributed by atoms with Gasteiger partial charge in [-0.25, -0.2) is 4.98 Å². The van der Waals surface area contributed by atoms with Gasteiger partial charge in [-0.1, -0.05) is 23.7 Å². The predicted octanol–water partition coefficient (Wildman–Crippen LogP) is 3.94. The Labute approximate surface area is 128 Å². The number of hydrogen-bond acceptors (Lipinski definition) is 3. The van der Waals surface area contributed by atoms with Gasteiger partial charge in [0.25, 0.3) is 0 Å². The molecule has 0 aliphatic rings. The zero-order chi connectivity index (χ0) is 14.4. The van der Waals surface area contributed by atoms with E-state index in [1.165, 1.54) is 0 Å². The minimum Gasteiger partial charge on any atom is -0.492 e. The fraction of sp³-hybridized carbons (Fsp3) is 0.143. The summed E-state index contributed by atoms with van der Waals surface area (Å²) in [6.07, 6.45) is 1.62. The largest absolute Gasteiger partial charge is 0.492 e. The van der Waals surface area contributed by atoms with E-state index in [0.29, 0.717) is 22.6 Å². The summed E-state index contributed by atoms with van der Waals surface area (Å²) in [6.45, 7) is 2.52. The van der Waals surface area contributed by atoms with Crippen molar-refractivity contribution < 1.29 is 4.74 Å². The monoisotopic (exact) mass is 307 g/mol. The number of halogens is 1. The quantitative estimate of drug-likeness (QED) is 0.661. The maximum atomic E-state index is 5.97. The number of benzene rings is 1. The van der Waals surface area contributed by atoms with Crippen LogP contribution in [0.5, 0.6) is 5.75 Å². The molecule has 0 unspecified atom stereocenters. The van der Waals surface area contributed by atoms with Crippen molar-refractivity contribution in [1.82, 2.24) is 4.98 Å². The molecule has 0 amide bonds. The van der Waals surface area contributed by atoms with Gasteiger partial charge in [0.2, 0.25) is 0 Å². The van der Waals surface area contributed by atoms with Gasteiger partial charge in [0.1, 0.15) is 5.75 Å². The smallest absolute Gasteiger partial charge is 0.175 e. The maximum Gasteiger partial charge on any atom is 0.175 e. The molecule has 1 aromatic heterocycles. The van der Waals surface area contributed by atoms with Crippen LogP contribution < -0.4 is 15.4 Å². The van der Waals surface area contributed by atoms with Gasteiger partial charge in [0.05, 0.1) is 18.0 Å². The highest BCUT2D eigenvalue weighted by Crippen LogP contribution is 2.24. The van der Waals surface area contributed by atoms with Crippen LogP contribution in [0.1, 0.15) is 6.92 Å². The van der Waals surface area contributed by atoms with Crippen LogP contribution in [0.4, 0.5) is 11.4 Å². The fourth-order valence-electron chi connectivity index (χ4n) is 1.61. The lowest BCUT2D eigenvalue weighted by Gasteiger charge is -2.14. The second-order valence-electron chi connectivity index (χ2n) is 3.85. The molecule has 1 aromatic carbocycles. The third kappa shape index (κ3) is 3.82. The molecular formula is C14H14ClN3OS. The van der Waals surface area contributed by atoms with Gasteiger partial charge in [0, 0.05) is 6.20 Å². The summed E-state index contributed by atoms with van der Waals surface area (Å²) >= 11 is 11.2. The standard InChI is InChI=1S/C14H14ClN3OS/c1-2-19-12-8-4-3-6-10(12)17-14(20)18-11-7-5-9-16-13(11)15/h3-9H,2H2,1H3,(H2,17,18,20). The molecule has 4 nitrogen and oxygen atoms in total. The Bertz CT molecular complexity index is 606. The molecule has 2 aromatic rings. The molecule has 1 heterocycles. The first-order chi connectivity index (χ1) is 9.70. The lowest BCUT2D eigenvalue weighted by atomic mass is 10.3. The SMILES string of the molecule is CCOc1ccccc1NC(=S)Nc1cccnc1Cl. The van der Waals surface area contributed by atoms with Crippen LogP contribution in [-0.4, -0.2) is 16.7 Å². The lowest BCUT2D eigenvalue weighted by molar-refractivity contribution is 0.342. The number of aromatic nitrogens is 1. The van der Waals surface area contributed by atoms with Crippen LogP contribution in [0.15, 0.2) is 42.6 Å². The van der Waals surface area contributed by atoms with Crippen molar-refractivity contribution in [3.8, 4) is 5.75 Å². The van der Waals surface area contributed by atoms with Gasteiger partial charge in [-0.2, -0.15) is 0 Å². The van der Waals surface area contributed by atoms with Gasteiger partial charge >= 0.3 is 0 Å². The van der Waals surface area contributed by atoms with Crippen molar-refractivity contribution in [1.29, 1.82) is 0 Å². The first-order valence-electron chi connectivity index (χ1n) is 6.11. The van der Waals surface area contributed by atoms with Crippen LogP contribution in [0.25, 0.3) is 0 Å². The molecule has 20 heavy (non-hydrogen) atoms. The number of thiocarbonyl (C=S) groups is 1. The van der Waals surface area contributed by atoms with Gasteiger partial charge < -0.3 is 15.4 Å². The highest BCUT2D eigenvalue weighted by molar-refractivity contribution is 7.80. The van der Waals surface area contributed by atoms with Crippen LogP contribution in [0, 0.1) is 0 Å². The number of nitrogens with one attached hydrogen (secondary N) is 2. The Morgan fingerprint density at radius 3 is 2.65 bits per heavy atom. The first kappa shape index (κ1) is 14.6. The lowest BCUT2D eigenvalue weighted by Crippen LogP contribution is -2.20. The van der Waals surface area contributed by atoms with E-state index in [-0.39, 0.29) is 0 Å². The molecule has 0 atom stereocenters. The molecule has 104 valence electrons. The minimum absolute atomic E-state index is 0.370. The zero-order valence-corrected chi connectivity index (χ0v) is 12.5. The van der Waals surface area contributed by atoms with E-state index >= 15 is 0 Å². The molecule has 0 bridgehead atoms. The molecule has 2 rings (SSSR count). The van der Waals surface area contributed by atoms with E-state index in [1.807, 2.05) is 31.2 Å². The van der Waals surface area contributed by atoms with E-state index in [4.69, 9.17) is 28.6 Å². The average molecular weight is 308 g/mol. The normalized spacial score (nSPS) is 9.90. The van der Waals surface area contributed by atoms with Crippen LogP contribution in [0.3, 0.4) is 0 Å². The number of nitrogens with zero attached hydrogens (tertiary/aromatic N) is 1. The molecule has 0 aliphatic carbocycles. The van der Waals surface area contributed by atoms with Gasteiger partial charge in [-0.15, -0.1) is 0 Å². The summed E-state index contributed by atoms with van der Waals surface area (Å²) in [5.41, 5.74) is 1.45. The van der Waals surface area contributed by atoms with Crippen molar-refractivity contribution in [2.45, 2.75) is 6.92 Å². The molecule has 0 saturated carbocycles. The molecule has 0 aliphatic heterocycles. The maximum absolute atomic E-state index is 5.97. The fourth-order valence-corrected chi connectivity index (χ4v) is 1.99. The van der Waals surface area contributed by atoms with E-state index in [2.05, 4.69) is 15.6 Å². The van der Waals surface area contributed by atoms with E-state index in [9.17, 15) is 0 Å². The highest BCUT2D eigenvalue weighted by atomic mass is 35.5. The second kappa shape index (κ2) is 7.07. The molecule has 0 saturated heterocycles. The van der Waals surface area contributed by atoms with E-state index in [0.717, 1.165) is 11.4 Å². The number of rotatable bonds is 4. The summed E-state index contributed by atoms with van der Waals surface area (Å²) in [6, 6.07) is 11.2. The molecular weight excluding hydrogens is 294 g/mol. The van der Waals surface area contributed by atoms with Crippen LogP contribution >= 0.6 is 23.8 Å². The Kier molecular flexibility index (Phi) is 5.15. The Morgan fingerprint density at radius 2 is 1.90 bits per heavy atom. The van der Waals surface area contributed by atoms with Crippen molar-refractivity contribution in [2.24, 2.45) is 0 Å². The summed E-state index contributed by atoms with van der Waals surface area (Å²) in [4.78, 5) is 3.98. The number of ether oxygens (including phenoxy) is 1. The van der Waals surface area contributed by atoms with Crippen LogP contribution in [0.2, 0.25) is 5.15 Å². The topological polar surface area (TPSA) is 46.2 Å². The Hall–Kier alpha value is -1.85.